The van der Waals surface area contributed by atoms with Crippen LogP contribution < -0.4 is 0 Å². The quantitative estimate of drug-likeness (QED) is 0.426. The van der Waals surface area contributed by atoms with Gasteiger partial charge in [0.1, 0.15) is 0 Å². The lowest BCUT2D eigenvalue weighted by atomic mass is 10.0. The van der Waals surface area contributed by atoms with Crippen molar-refractivity contribution in [3.8, 4) is 33.5 Å². The maximum Gasteiger partial charge on any atom is 0.0708 e. The van der Waals surface area contributed by atoms with Crippen molar-refractivity contribution in [3.63, 3.8) is 0 Å². The van der Waals surface area contributed by atoms with Gasteiger partial charge in [-0.05, 0) is 41.3 Å². The fourth-order valence-electron chi connectivity index (χ4n) is 2.98. The van der Waals surface area contributed by atoms with E-state index in [0.29, 0.717) is 0 Å². The van der Waals surface area contributed by atoms with Crippen LogP contribution in [0.3, 0.4) is 0 Å². The summed E-state index contributed by atoms with van der Waals surface area (Å²) in [6, 6.07) is 31.9. The Morgan fingerprint density at radius 3 is 1.80 bits per heavy atom. The molecule has 120 valence electrons. The van der Waals surface area contributed by atoms with Crippen molar-refractivity contribution in [1.29, 1.82) is 0 Å². The molecule has 0 amide bonds. The Kier molecular flexibility index (Phi) is 4.14. The normalized spacial score (nSPS) is 10.6. The molecule has 0 aliphatic carbocycles. The van der Waals surface area contributed by atoms with Gasteiger partial charge in [-0.25, -0.2) is 0 Å². The number of aromatic nitrogens is 1. The smallest absolute Gasteiger partial charge is 0.0708 e. The summed E-state index contributed by atoms with van der Waals surface area (Å²) < 4.78 is 0. The van der Waals surface area contributed by atoms with Gasteiger partial charge in [0, 0.05) is 11.8 Å². The van der Waals surface area contributed by atoms with E-state index in [9.17, 15) is 0 Å². The van der Waals surface area contributed by atoms with Gasteiger partial charge in [-0.2, -0.15) is 0 Å². The highest BCUT2D eigenvalue weighted by atomic mass is 14.7. The number of nitrogens with zero attached hydrogens (tertiary/aromatic N) is 1. The Balaban J connectivity index is 1.66. The zero-order chi connectivity index (χ0) is 17.1. The minimum Gasteiger partial charge on any atom is -0.256 e. The van der Waals surface area contributed by atoms with Crippen LogP contribution >= 0.6 is 0 Å². The molecule has 1 heterocycles. The molecular formula is C24H19N. The van der Waals surface area contributed by atoms with Crippen molar-refractivity contribution in [2.45, 2.75) is 6.92 Å². The highest BCUT2D eigenvalue weighted by molar-refractivity contribution is 5.73. The zero-order valence-corrected chi connectivity index (χ0v) is 14.2. The third-order valence-electron chi connectivity index (χ3n) is 4.43. The van der Waals surface area contributed by atoms with Crippen LogP contribution in [0.15, 0.2) is 97.2 Å². The van der Waals surface area contributed by atoms with Crippen molar-refractivity contribution in [3.05, 3.63) is 103 Å². The summed E-state index contributed by atoms with van der Waals surface area (Å²) in [5, 5.41) is 0. The third-order valence-corrected chi connectivity index (χ3v) is 4.43. The zero-order valence-electron chi connectivity index (χ0n) is 14.2. The number of benzene rings is 3. The molecule has 4 rings (SSSR count). The topological polar surface area (TPSA) is 12.9 Å². The lowest BCUT2D eigenvalue weighted by Crippen LogP contribution is -1.86. The van der Waals surface area contributed by atoms with Gasteiger partial charge in [0.05, 0.1) is 5.69 Å². The van der Waals surface area contributed by atoms with E-state index in [1.807, 2.05) is 12.3 Å². The van der Waals surface area contributed by atoms with Gasteiger partial charge in [0.2, 0.25) is 0 Å². The Morgan fingerprint density at radius 2 is 1.08 bits per heavy atom. The molecule has 0 N–H and O–H groups in total. The van der Waals surface area contributed by atoms with Gasteiger partial charge in [-0.3, -0.25) is 4.98 Å². The standard InChI is InChI=1S/C24H19N/c1-18-7-9-21(10-8-18)23-15-16-25-24(17-23)22-13-11-20(12-14-22)19-5-3-2-4-6-19/h2-17H,1H3. The minimum absolute atomic E-state index is 0.998. The largest absolute Gasteiger partial charge is 0.256 e. The van der Waals surface area contributed by atoms with Crippen molar-refractivity contribution in [1.82, 2.24) is 4.98 Å². The first-order valence-electron chi connectivity index (χ1n) is 8.48. The van der Waals surface area contributed by atoms with Gasteiger partial charge in [0.25, 0.3) is 0 Å². The molecule has 1 heteroatoms. The first-order valence-corrected chi connectivity index (χ1v) is 8.48. The van der Waals surface area contributed by atoms with E-state index in [-0.39, 0.29) is 0 Å². The molecule has 0 radical (unpaired) electrons. The molecule has 0 atom stereocenters. The van der Waals surface area contributed by atoms with Crippen molar-refractivity contribution in [2.24, 2.45) is 0 Å². The van der Waals surface area contributed by atoms with Crippen LogP contribution in [-0.2, 0) is 0 Å². The highest BCUT2D eigenvalue weighted by Crippen LogP contribution is 2.27. The second-order valence-corrected chi connectivity index (χ2v) is 6.24. The van der Waals surface area contributed by atoms with Crippen LogP contribution in [0.5, 0.6) is 0 Å². The fourth-order valence-corrected chi connectivity index (χ4v) is 2.98. The van der Waals surface area contributed by atoms with E-state index >= 15 is 0 Å². The average molecular weight is 321 g/mol. The number of pyridine rings is 1. The lowest BCUT2D eigenvalue weighted by Gasteiger charge is -2.07. The van der Waals surface area contributed by atoms with E-state index in [4.69, 9.17) is 0 Å². The molecule has 4 aromatic rings. The van der Waals surface area contributed by atoms with Gasteiger partial charge in [-0.1, -0.05) is 84.4 Å². The van der Waals surface area contributed by atoms with E-state index in [0.717, 1.165) is 11.3 Å². The summed E-state index contributed by atoms with van der Waals surface area (Å²) >= 11 is 0. The van der Waals surface area contributed by atoms with E-state index in [1.54, 1.807) is 0 Å². The number of aryl methyl sites for hydroxylation is 1. The van der Waals surface area contributed by atoms with Crippen LogP contribution in [0.1, 0.15) is 5.56 Å². The molecule has 0 aliphatic heterocycles. The Bertz CT molecular complexity index is 968. The molecule has 0 saturated carbocycles. The predicted octanol–water partition coefficient (Wildman–Crippen LogP) is 6.39. The second-order valence-electron chi connectivity index (χ2n) is 6.24. The van der Waals surface area contributed by atoms with Crippen molar-refractivity contribution >= 4 is 0 Å². The molecule has 0 aliphatic rings. The summed E-state index contributed by atoms with van der Waals surface area (Å²) in [5.74, 6) is 0. The van der Waals surface area contributed by atoms with Gasteiger partial charge < -0.3 is 0 Å². The molecule has 0 unspecified atom stereocenters. The van der Waals surface area contributed by atoms with Gasteiger partial charge >= 0.3 is 0 Å². The molecular weight excluding hydrogens is 302 g/mol. The second kappa shape index (κ2) is 6.74. The summed E-state index contributed by atoms with van der Waals surface area (Å²) in [4.78, 5) is 4.56. The van der Waals surface area contributed by atoms with Gasteiger partial charge in [-0.15, -0.1) is 0 Å². The fraction of sp³-hybridized carbons (Fsp3) is 0.0417. The number of rotatable bonds is 3. The molecule has 1 nitrogen and oxygen atoms in total. The molecule has 25 heavy (non-hydrogen) atoms. The maximum atomic E-state index is 4.56. The van der Waals surface area contributed by atoms with Gasteiger partial charge in [0.15, 0.2) is 0 Å². The maximum absolute atomic E-state index is 4.56. The summed E-state index contributed by atoms with van der Waals surface area (Å²) in [6.07, 6.45) is 1.88. The molecule has 3 aromatic carbocycles. The van der Waals surface area contributed by atoms with Crippen LogP contribution in [0.2, 0.25) is 0 Å². The summed E-state index contributed by atoms with van der Waals surface area (Å²) in [6.45, 7) is 2.11. The number of hydrogen-bond donors (Lipinski definition) is 0. The molecule has 0 bridgehead atoms. The SMILES string of the molecule is Cc1ccc(-c2ccnc(-c3ccc(-c4ccccc4)cc3)c2)cc1. The minimum atomic E-state index is 0.998. The predicted molar refractivity (Wildman–Crippen MR) is 105 cm³/mol. The first-order chi connectivity index (χ1) is 12.3. The molecule has 1 aromatic heterocycles. The number of hydrogen-bond acceptors (Lipinski definition) is 1. The summed E-state index contributed by atoms with van der Waals surface area (Å²) in [7, 11) is 0. The van der Waals surface area contributed by atoms with E-state index in [1.165, 1.54) is 27.8 Å². The monoisotopic (exact) mass is 321 g/mol. The molecule has 0 spiro atoms. The Morgan fingerprint density at radius 1 is 0.520 bits per heavy atom. The average Bonchev–Trinajstić information content (AvgIpc) is 2.69. The Labute approximate surface area is 148 Å². The molecule has 0 fully saturated rings. The highest BCUT2D eigenvalue weighted by Gasteiger charge is 2.04. The third kappa shape index (κ3) is 3.36. The first kappa shape index (κ1) is 15.3. The Hall–Kier alpha value is -3.19. The van der Waals surface area contributed by atoms with Crippen LogP contribution in [0.4, 0.5) is 0 Å². The lowest BCUT2D eigenvalue weighted by molar-refractivity contribution is 1.32. The van der Waals surface area contributed by atoms with Crippen LogP contribution in [0, 0.1) is 6.92 Å². The van der Waals surface area contributed by atoms with Crippen LogP contribution in [-0.4, -0.2) is 4.98 Å². The van der Waals surface area contributed by atoms with Crippen LogP contribution in [0.25, 0.3) is 33.5 Å². The van der Waals surface area contributed by atoms with E-state index in [2.05, 4.69) is 96.8 Å². The van der Waals surface area contributed by atoms with Crippen molar-refractivity contribution < 1.29 is 0 Å². The van der Waals surface area contributed by atoms with Crippen molar-refractivity contribution in [2.75, 3.05) is 0 Å². The van der Waals surface area contributed by atoms with E-state index < -0.39 is 0 Å². The molecule has 0 saturated heterocycles. The summed E-state index contributed by atoms with van der Waals surface area (Å²) in [5.41, 5.74) is 8.27.